The lowest BCUT2D eigenvalue weighted by Gasteiger charge is -2.16. The summed E-state index contributed by atoms with van der Waals surface area (Å²) in [5.74, 6) is 2.41. The van der Waals surface area contributed by atoms with Gasteiger partial charge in [0.25, 0.3) is 0 Å². The largest absolute Gasteiger partial charge is 0.494 e. The topological polar surface area (TPSA) is 89.0 Å². The van der Waals surface area contributed by atoms with Gasteiger partial charge in [-0.25, -0.2) is 8.42 Å². The van der Waals surface area contributed by atoms with E-state index in [9.17, 15) is 8.42 Å². The molecule has 0 saturated carbocycles. The van der Waals surface area contributed by atoms with Crippen molar-refractivity contribution in [3.63, 3.8) is 0 Å². The van der Waals surface area contributed by atoms with E-state index in [0.717, 1.165) is 29.0 Å². The van der Waals surface area contributed by atoms with Gasteiger partial charge in [-0.3, -0.25) is 4.99 Å². The Hall–Kier alpha value is -2.01. The number of hydrogen-bond acceptors (Lipinski definition) is 5. The molecule has 2 aromatic rings. The summed E-state index contributed by atoms with van der Waals surface area (Å²) in [7, 11) is -1.48. The van der Waals surface area contributed by atoms with Crippen LogP contribution in [0.4, 0.5) is 0 Å². The number of guanidine groups is 1. The van der Waals surface area contributed by atoms with Gasteiger partial charge in [-0.2, -0.15) is 0 Å². The van der Waals surface area contributed by atoms with Crippen LogP contribution in [-0.2, 0) is 29.3 Å². The molecule has 0 fully saturated rings. The predicted octanol–water partition coefficient (Wildman–Crippen LogP) is 3.30. The summed E-state index contributed by atoms with van der Waals surface area (Å²) in [6.45, 7) is 5.68. The average Bonchev–Trinajstić information content (AvgIpc) is 3.06. The third kappa shape index (κ3) is 6.73. The highest BCUT2D eigenvalue weighted by molar-refractivity contribution is 14.0. The van der Waals surface area contributed by atoms with Crippen molar-refractivity contribution in [2.24, 2.45) is 4.99 Å². The molecule has 2 aromatic carbocycles. The first kappa shape index (κ1) is 25.3. The van der Waals surface area contributed by atoms with Crippen molar-refractivity contribution in [1.29, 1.82) is 0 Å². The molecule has 1 aliphatic rings. The van der Waals surface area contributed by atoms with Crippen LogP contribution in [0.3, 0.4) is 0 Å². The minimum Gasteiger partial charge on any atom is -0.494 e. The SMILES string of the molecule is CCOc1cc2c(cc1CNC(=NC)NCc1ccc(S(C)(=O)=O)cc1)OC(C)C2.I. The van der Waals surface area contributed by atoms with E-state index in [1.54, 1.807) is 31.3 Å². The molecule has 170 valence electrons. The van der Waals surface area contributed by atoms with Gasteiger partial charge in [0.05, 0.1) is 11.5 Å². The Balaban J connectivity index is 0.00000341. The molecule has 0 aromatic heterocycles. The standard InChI is InChI=1S/C22H29N3O4S.HI/c1-5-28-20-11-17-10-15(2)29-21(17)12-18(20)14-25-22(23-3)24-13-16-6-8-19(9-7-16)30(4,26)27;/h6-9,11-12,15H,5,10,13-14H2,1-4H3,(H2,23,24,25);1H. The Morgan fingerprint density at radius 3 is 2.48 bits per heavy atom. The summed E-state index contributed by atoms with van der Waals surface area (Å²) >= 11 is 0. The van der Waals surface area contributed by atoms with Crippen LogP contribution < -0.4 is 20.1 Å². The molecule has 1 aliphatic heterocycles. The third-order valence-electron chi connectivity index (χ3n) is 4.86. The quantitative estimate of drug-likeness (QED) is 0.308. The van der Waals surface area contributed by atoms with Crippen molar-refractivity contribution in [3.05, 3.63) is 53.1 Å². The van der Waals surface area contributed by atoms with E-state index in [4.69, 9.17) is 9.47 Å². The number of nitrogens with one attached hydrogen (secondary N) is 2. The molecule has 0 saturated heterocycles. The molecule has 7 nitrogen and oxygen atoms in total. The highest BCUT2D eigenvalue weighted by Crippen LogP contribution is 2.35. The van der Waals surface area contributed by atoms with Crippen molar-refractivity contribution < 1.29 is 17.9 Å². The van der Waals surface area contributed by atoms with Crippen LogP contribution in [0, 0.1) is 0 Å². The van der Waals surface area contributed by atoms with Gasteiger partial charge >= 0.3 is 0 Å². The molecule has 31 heavy (non-hydrogen) atoms. The highest BCUT2D eigenvalue weighted by Gasteiger charge is 2.22. The lowest BCUT2D eigenvalue weighted by atomic mass is 10.1. The zero-order chi connectivity index (χ0) is 21.7. The lowest BCUT2D eigenvalue weighted by molar-refractivity contribution is 0.254. The van der Waals surface area contributed by atoms with Gasteiger partial charge in [-0.1, -0.05) is 12.1 Å². The minimum atomic E-state index is -3.19. The smallest absolute Gasteiger partial charge is 0.191 e. The second-order valence-electron chi connectivity index (χ2n) is 7.33. The number of nitrogens with zero attached hydrogens (tertiary/aromatic N) is 1. The lowest BCUT2D eigenvalue weighted by Crippen LogP contribution is -2.36. The Morgan fingerprint density at radius 1 is 1.19 bits per heavy atom. The number of halogens is 1. The minimum absolute atomic E-state index is 0. The summed E-state index contributed by atoms with van der Waals surface area (Å²) in [6, 6.07) is 10.9. The molecule has 0 spiro atoms. The fourth-order valence-corrected chi connectivity index (χ4v) is 3.98. The first-order valence-corrected chi connectivity index (χ1v) is 11.9. The number of sulfone groups is 1. The Kier molecular flexibility index (Phi) is 8.99. The van der Waals surface area contributed by atoms with Crippen LogP contribution in [-0.4, -0.2) is 40.4 Å². The maximum absolute atomic E-state index is 11.6. The second kappa shape index (κ2) is 11.0. The number of aliphatic imine (C=N–C) groups is 1. The zero-order valence-electron chi connectivity index (χ0n) is 18.3. The van der Waals surface area contributed by atoms with Crippen molar-refractivity contribution in [1.82, 2.24) is 10.6 Å². The summed E-state index contributed by atoms with van der Waals surface area (Å²) < 4.78 is 34.9. The molecule has 1 atom stereocenters. The maximum Gasteiger partial charge on any atom is 0.191 e. The molecule has 0 bridgehead atoms. The maximum atomic E-state index is 11.6. The van der Waals surface area contributed by atoms with Crippen molar-refractivity contribution in [2.75, 3.05) is 19.9 Å². The molecule has 2 N–H and O–H groups in total. The van der Waals surface area contributed by atoms with Crippen LogP contribution >= 0.6 is 24.0 Å². The fourth-order valence-electron chi connectivity index (χ4n) is 3.35. The van der Waals surface area contributed by atoms with Gasteiger partial charge in [0, 0.05) is 43.9 Å². The van der Waals surface area contributed by atoms with Crippen molar-refractivity contribution >= 4 is 39.8 Å². The number of rotatable bonds is 7. The first-order chi connectivity index (χ1) is 14.3. The van der Waals surface area contributed by atoms with Crippen molar-refractivity contribution in [2.45, 2.75) is 44.4 Å². The van der Waals surface area contributed by atoms with Gasteiger partial charge in [-0.05, 0) is 43.7 Å². The van der Waals surface area contributed by atoms with Gasteiger partial charge in [0.15, 0.2) is 15.8 Å². The van der Waals surface area contributed by atoms with Gasteiger partial charge in [0.1, 0.15) is 17.6 Å². The first-order valence-electron chi connectivity index (χ1n) is 9.99. The van der Waals surface area contributed by atoms with Crippen LogP contribution in [0.1, 0.15) is 30.5 Å². The van der Waals surface area contributed by atoms with Gasteiger partial charge in [0.2, 0.25) is 0 Å². The Labute approximate surface area is 201 Å². The molecule has 9 heteroatoms. The molecule has 3 rings (SSSR count). The van der Waals surface area contributed by atoms with Crippen molar-refractivity contribution in [3.8, 4) is 11.5 Å². The monoisotopic (exact) mass is 559 g/mol. The van der Waals surface area contributed by atoms with Crippen LogP contribution in [0.2, 0.25) is 0 Å². The van der Waals surface area contributed by atoms with Gasteiger partial charge in [-0.15, -0.1) is 24.0 Å². The number of fused-ring (bicyclic) bond motifs is 1. The van der Waals surface area contributed by atoms with E-state index in [1.807, 2.05) is 13.0 Å². The van der Waals surface area contributed by atoms with Gasteiger partial charge < -0.3 is 20.1 Å². The summed E-state index contributed by atoms with van der Waals surface area (Å²) in [6.07, 6.45) is 2.28. The third-order valence-corrected chi connectivity index (χ3v) is 5.99. The van der Waals surface area contributed by atoms with E-state index in [0.29, 0.717) is 30.6 Å². The summed E-state index contributed by atoms with van der Waals surface area (Å²) in [5.41, 5.74) is 3.14. The fraction of sp³-hybridized carbons (Fsp3) is 0.409. The molecule has 0 radical (unpaired) electrons. The number of ether oxygens (including phenoxy) is 2. The number of hydrogen-bond donors (Lipinski definition) is 2. The Morgan fingerprint density at radius 2 is 1.87 bits per heavy atom. The Bertz CT molecular complexity index is 1020. The molecule has 1 unspecified atom stereocenters. The molecule has 1 heterocycles. The zero-order valence-corrected chi connectivity index (χ0v) is 21.4. The van der Waals surface area contributed by atoms with Crippen LogP contribution in [0.15, 0.2) is 46.3 Å². The highest BCUT2D eigenvalue weighted by atomic mass is 127. The molecule has 0 amide bonds. The van der Waals surface area contributed by atoms with E-state index in [2.05, 4.69) is 28.6 Å². The van der Waals surface area contributed by atoms with E-state index in [-0.39, 0.29) is 30.1 Å². The van der Waals surface area contributed by atoms with E-state index < -0.39 is 9.84 Å². The van der Waals surface area contributed by atoms with Crippen LogP contribution in [0.25, 0.3) is 0 Å². The molecular weight excluding hydrogens is 529 g/mol. The summed E-state index contributed by atoms with van der Waals surface area (Å²) in [5, 5.41) is 6.54. The average molecular weight is 559 g/mol. The molecular formula is C22H30IN3O4S. The second-order valence-corrected chi connectivity index (χ2v) is 9.34. The normalized spacial score (nSPS) is 15.5. The molecule has 0 aliphatic carbocycles. The number of benzene rings is 2. The van der Waals surface area contributed by atoms with E-state index in [1.165, 1.54) is 11.8 Å². The summed E-state index contributed by atoms with van der Waals surface area (Å²) in [4.78, 5) is 4.57. The van der Waals surface area contributed by atoms with E-state index >= 15 is 0 Å². The predicted molar refractivity (Wildman–Crippen MR) is 133 cm³/mol. The van der Waals surface area contributed by atoms with Crippen LogP contribution in [0.5, 0.6) is 11.5 Å².